The standard InChI is InChI=1S/C25H25N5O3/c1-17-5-3-4-6-21(17)24(31)29-13-11-28(12-14-29)19-7-9-20(10-8-19)30-16-18(15-26)22(27)23(30)25(32)33-2/h3-10,16H,11-14,27H2,1-2H3. The molecular weight excluding hydrogens is 418 g/mol. The summed E-state index contributed by atoms with van der Waals surface area (Å²) in [4.78, 5) is 29.2. The molecule has 0 bridgehead atoms. The Morgan fingerprint density at radius 2 is 1.64 bits per heavy atom. The molecule has 4 rings (SSSR count). The van der Waals surface area contributed by atoms with Crippen LogP contribution in [0.15, 0.2) is 54.7 Å². The van der Waals surface area contributed by atoms with E-state index < -0.39 is 5.97 Å². The van der Waals surface area contributed by atoms with Crippen molar-refractivity contribution in [3.63, 3.8) is 0 Å². The summed E-state index contributed by atoms with van der Waals surface area (Å²) in [7, 11) is 1.28. The van der Waals surface area contributed by atoms with E-state index in [9.17, 15) is 14.9 Å². The van der Waals surface area contributed by atoms with Crippen LogP contribution in [-0.2, 0) is 4.74 Å². The number of rotatable bonds is 4. The molecule has 3 aromatic rings. The molecule has 2 aromatic carbocycles. The van der Waals surface area contributed by atoms with Crippen molar-refractivity contribution in [2.24, 2.45) is 0 Å². The molecule has 2 heterocycles. The van der Waals surface area contributed by atoms with Crippen LogP contribution in [0.25, 0.3) is 5.69 Å². The number of nitrogen functional groups attached to an aromatic ring is 1. The van der Waals surface area contributed by atoms with Gasteiger partial charge in [0, 0.05) is 49.3 Å². The van der Waals surface area contributed by atoms with Gasteiger partial charge in [-0.1, -0.05) is 18.2 Å². The maximum Gasteiger partial charge on any atom is 0.357 e. The van der Waals surface area contributed by atoms with Crippen LogP contribution in [0, 0.1) is 18.3 Å². The number of aromatic nitrogens is 1. The highest BCUT2D eigenvalue weighted by Gasteiger charge is 2.24. The zero-order chi connectivity index (χ0) is 23.5. The van der Waals surface area contributed by atoms with E-state index in [1.165, 1.54) is 13.3 Å². The van der Waals surface area contributed by atoms with E-state index in [-0.39, 0.29) is 22.9 Å². The summed E-state index contributed by atoms with van der Waals surface area (Å²) in [5.41, 5.74) is 9.87. The summed E-state index contributed by atoms with van der Waals surface area (Å²) >= 11 is 0. The predicted octanol–water partition coefficient (Wildman–Crippen LogP) is 2.99. The number of benzene rings is 2. The fraction of sp³-hybridized carbons (Fsp3) is 0.240. The molecule has 1 aromatic heterocycles. The second-order valence-electron chi connectivity index (χ2n) is 7.89. The fourth-order valence-corrected chi connectivity index (χ4v) is 4.09. The number of carbonyl (C=O) groups excluding carboxylic acids is 2. The average molecular weight is 444 g/mol. The Kier molecular flexibility index (Phi) is 6.05. The van der Waals surface area contributed by atoms with Crippen LogP contribution >= 0.6 is 0 Å². The average Bonchev–Trinajstić information content (AvgIpc) is 3.19. The summed E-state index contributed by atoms with van der Waals surface area (Å²) in [6.45, 7) is 4.68. The Balaban J connectivity index is 1.48. The highest BCUT2D eigenvalue weighted by Crippen LogP contribution is 2.26. The molecule has 8 heteroatoms. The first-order chi connectivity index (χ1) is 15.9. The van der Waals surface area contributed by atoms with E-state index in [4.69, 9.17) is 10.5 Å². The smallest absolute Gasteiger partial charge is 0.357 e. The molecule has 8 nitrogen and oxygen atoms in total. The first kappa shape index (κ1) is 22.0. The first-order valence-corrected chi connectivity index (χ1v) is 10.6. The second kappa shape index (κ2) is 9.09. The highest BCUT2D eigenvalue weighted by atomic mass is 16.5. The van der Waals surface area contributed by atoms with Crippen LogP contribution in [0.1, 0.15) is 32.0 Å². The van der Waals surface area contributed by atoms with Gasteiger partial charge in [0.2, 0.25) is 0 Å². The Labute approximate surface area is 192 Å². The van der Waals surface area contributed by atoms with Crippen molar-refractivity contribution in [3.8, 4) is 11.8 Å². The van der Waals surface area contributed by atoms with Gasteiger partial charge < -0.3 is 24.8 Å². The lowest BCUT2D eigenvalue weighted by atomic mass is 10.1. The lowest BCUT2D eigenvalue weighted by molar-refractivity contribution is 0.0592. The van der Waals surface area contributed by atoms with Crippen molar-refractivity contribution in [2.75, 3.05) is 43.9 Å². The predicted molar refractivity (Wildman–Crippen MR) is 126 cm³/mol. The summed E-state index contributed by atoms with van der Waals surface area (Å²) < 4.78 is 6.41. The largest absolute Gasteiger partial charge is 0.464 e. The fourth-order valence-electron chi connectivity index (χ4n) is 4.09. The van der Waals surface area contributed by atoms with E-state index in [1.807, 2.05) is 66.4 Å². The molecule has 0 aliphatic carbocycles. The van der Waals surface area contributed by atoms with E-state index in [2.05, 4.69) is 4.90 Å². The van der Waals surface area contributed by atoms with E-state index in [0.29, 0.717) is 18.8 Å². The van der Waals surface area contributed by atoms with Crippen LogP contribution in [-0.4, -0.2) is 54.6 Å². The topological polar surface area (TPSA) is 105 Å². The quantitative estimate of drug-likeness (QED) is 0.622. The van der Waals surface area contributed by atoms with Gasteiger partial charge in [-0.15, -0.1) is 0 Å². The number of esters is 1. The van der Waals surface area contributed by atoms with Crippen molar-refractivity contribution < 1.29 is 14.3 Å². The number of amides is 1. The molecule has 33 heavy (non-hydrogen) atoms. The maximum atomic E-state index is 12.9. The number of nitriles is 1. The van der Waals surface area contributed by atoms with Gasteiger partial charge in [-0.25, -0.2) is 4.79 Å². The lowest BCUT2D eigenvalue weighted by Gasteiger charge is -2.36. The normalized spacial score (nSPS) is 13.5. The SMILES string of the molecule is COC(=O)c1c(N)c(C#N)cn1-c1ccc(N2CCN(C(=O)c3ccccc3C)CC2)cc1. The third-order valence-electron chi connectivity index (χ3n) is 5.98. The highest BCUT2D eigenvalue weighted by molar-refractivity contribution is 5.96. The number of ether oxygens (including phenoxy) is 1. The Hall–Kier alpha value is -4.25. The Bertz CT molecular complexity index is 1230. The zero-order valence-corrected chi connectivity index (χ0v) is 18.6. The summed E-state index contributed by atoms with van der Waals surface area (Å²) in [5.74, 6) is -0.538. The third kappa shape index (κ3) is 4.13. The molecule has 0 unspecified atom stereocenters. The van der Waals surface area contributed by atoms with Crippen molar-refractivity contribution in [1.82, 2.24) is 9.47 Å². The van der Waals surface area contributed by atoms with E-state index in [1.54, 1.807) is 4.57 Å². The molecule has 0 atom stereocenters. The molecule has 1 amide bonds. The van der Waals surface area contributed by atoms with Crippen LogP contribution in [0.4, 0.5) is 11.4 Å². The molecule has 0 saturated carbocycles. The molecule has 1 fully saturated rings. The minimum absolute atomic E-state index is 0.0666. The molecule has 1 saturated heterocycles. The van der Waals surface area contributed by atoms with Gasteiger partial charge in [0.1, 0.15) is 6.07 Å². The van der Waals surface area contributed by atoms with Gasteiger partial charge >= 0.3 is 5.97 Å². The van der Waals surface area contributed by atoms with Crippen LogP contribution in [0.2, 0.25) is 0 Å². The maximum absolute atomic E-state index is 12.9. The number of nitrogens with two attached hydrogens (primary N) is 1. The minimum Gasteiger partial charge on any atom is -0.464 e. The Morgan fingerprint density at radius 3 is 2.24 bits per heavy atom. The molecule has 0 spiro atoms. The number of methoxy groups -OCH3 is 1. The van der Waals surface area contributed by atoms with Crippen molar-refractivity contribution >= 4 is 23.3 Å². The number of anilines is 2. The van der Waals surface area contributed by atoms with E-state index >= 15 is 0 Å². The third-order valence-corrected chi connectivity index (χ3v) is 5.98. The molecule has 2 N–H and O–H groups in total. The number of hydrogen-bond donors (Lipinski definition) is 1. The van der Waals surface area contributed by atoms with Gasteiger partial charge in [-0.2, -0.15) is 5.26 Å². The van der Waals surface area contributed by atoms with Gasteiger partial charge in [-0.05, 0) is 42.8 Å². The van der Waals surface area contributed by atoms with Crippen LogP contribution < -0.4 is 10.6 Å². The monoisotopic (exact) mass is 443 g/mol. The summed E-state index contributed by atoms with van der Waals surface area (Å²) in [5, 5.41) is 9.29. The molecule has 0 radical (unpaired) electrons. The Morgan fingerprint density at radius 1 is 1.00 bits per heavy atom. The first-order valence-electron chi connectivity index (χ1n) is 10.6. The number of nitrogens with zero attached hydrogens (tertiary/aromatic N) is 4. The zero-order valence-electron chi connectivity index (χ0n) is 18.6. The molecule has 1 aliphatic heterocycles. The summed E-state index contributed by atoms with van der Waals surface area (Å²) in [6.07, 6.45) is 1.53. The van der Waals surface area contributed by atoms with Gasteiger partial charge in [0.15, 0.2) is 5.69 Å². The van der Waals surface area contributed by atoms with Gasteiger partial charge in [0.05, 0.1) is 18.4 Å². The number of carbonyl (C=O) groups is 2. The van der Waals surface area contributed by atoms with Crippen LogP contribution in [0.3, 0.4) is 0 Å². The van der Waals surface area contributed by atoms with Gasteiger partial charge in [0.25, 0.3) is 5.91 Å². The molecular formula is C25H25N5O3. The minimum atomic E-state index is -0.604. The summed E-state index contributed by atoms with van der Waals surface area (Å²) in [6, 6.07) is 17.3. The lowest BCUT2D eigenvalue weighted by Crippen LogP contribution is -2.48. The number of piperazine rings is 1. The van der Waals surface area contributed by atoms with Crippen molar-refractivity contribution in [1.29, 1.82) is 5.26 Å². The molecule has 1 aliphatic rings. The van der Waals surface area contributed by atoms with Crippen molar-refractivity contribution in [2.45, 2.75) is 6.92 Å². The molecule has 168 valence electrons. The number of hydrogen-bond acceptors (Lipinski definition) is 6. The van der Waals surface area contributed by atoms with Crippen LogP contribution in [0.5, 0.6) is 0 Å². The number of aryl methyl sites for hydroxylation is 1. The second-order valence-corrected chi connectivity index (χ2v) is 7.89. The van der Waals surface area contributed by atoms with E-state index in [0.717, 1.165) is 29.9 Å². The van der Waals surface area contributed by atoms with Gasteiger partial charge in [-0.3, -0.25) is 4.79 Å². The van der Waals surface area contributed by atoms with Crippen molar-refractivity contribution in [3.05, 3.63) is 77.1 Å².